The van der Waals surface area contributed by atoms with Crippen molar-refractivity contribution in [1.82, 2.24) is 0 Å². The molecule has 0 radical (unpaired) electrons. The fraction of sp³-hybridized carbons (Fsp3) is 0.200. The lowest BCUT2D eigenvalue weighted by molar-refractivity contribution is 0.304. The standard InChI is InChI=1S/C15H16BFO3/c1-10-3-4-12(5-11(10)2)9-20-15-7-13(16(18)19)6-14(17)8-15/h3-8,18-19H,9H2,1-2H3. The third kappa shape index (κ3) is 3.59. The van der Waals surface area contributed by atoms with Crippen molar-refractivity contribution in [3.05, 3.63) is 58.9 Å². The molecular weight excluding hydrogens is 258 g/mol. The van der Waals surface area contributed by atoms with E-state index in [1.54, 1.807) is 0 Å². The van der Waals surface area contributed by atoms with E-state index in [0.717, 1.165) is 17.2 Å². The minimum absolute atomic E-state index is 0.0695. The maximum Gasteiger partial charge on any atom is 0.488 e. The highest BCUT2D eigenvalue weighted by Crippen LogP contribution is 2.15. The van der Waals surface area contributed by atoms with E-state index in [-0.39, 0.29) is 11.2 Å². The van der Waals surface area contributed by atoms with Gasteiger partial charge in [0.05, 0.1) is 0 Å². The highest BCUT2D eigenvalue weighted by molar-refractivity contribution is 6.58. The Morgan fingerprint density at radius 3 is 2.45 bits per heavy atom. The fourth-order valence-electron chi connectivity index (χ4n) is 1.88. The smallest absolute Gasteiger partial charge is 0.488 e. The molecule has 0 aliphatic heterocycles. The number of halogens is 1. The van der Waals surface area contributed by atoms with E-state index in [4.69, 9.17) is 14.8 Å². The molecule has 2 rings (SSSR count). The molecule has 0 heterocycles. The normalized spacial score (nSPS) is 10.4. The van der Waals surface area contributed by atoms with Gasteiger partial charge >= 0.3 is 7.12 Å². The number of rotatable bonds is 4. The van der Waals surface area contributed by atoms with Crippen LogP contribution >= 0.6 is 0 Å². The number of hydrogen-bond donors (Lipinski definition) is 2. The molecule has 2 N–H and O–H groups in total. The minimum atomic E-state index is -1.71. The SMILES string of the molecule is Cc1ccc(COc2cc(F)cc(B(O)O)c2)cc1C. The van der Waals surface area contributed by atoms with Crippen LogP contribution in [0.5, 0.6) is 5.75 Å². The molecule has 2 aromatic carbocycles. The van der Waals surface area contributed by atoms with Crippen LogP contribution in [-0.4, -0.2) is 17.2 Å². The number of ether oxygens (including phenoxy) is 1. The second kappa shape index (κ2) is 6.07. The average Bonchev–Trinajstić information content (AvgIpc) is 2.39. The van der Waals surface area contributed by atoms with E-state index in [0.29, 0.717) is 6.61 Å². The van der Waals surface area contributed by atoms with E-state index >= 15 is 0 Å². The zero-order chi connectivity index (χ0) is 14.7. The Balaban J connectivity index is 2.12. The van der Waals surface area contributed by atoms with Gasteiger partial charge in [0.25, 0.3) is 0 Å². The van der Waals surface area contributed by atoms with Gasteiger partial charge in [-0.15, -0.1) is 0 Å². The first-order chi connectivity index (χ1) is 9.45. The number of aryl methyl sites for hydroxylation is 2. The van der Waals surface area contributed by atoms with Gasteiger partial charge in [0.1, 0.15) is 18.2 Å². The van der Waals surface area contributed by atoms with Crippen molar-refractivity contribution in [2.45, 2.75) is 20.5 Å². The summed E-state index contributed by atoms with van der Waals surface area (Å²) in [6.45, 7) is 4.34. The molecular formula is C15H16BFO3. The molecule has 0 spiro atoms. The Kier molecular flexibility index (Phi) is 4.42. The van der Waals surface area contributed by atoms with Gasteiger partial charge in [-0.3, -0.25) is 0 Å². The first-order valence-electron chi connectivity index (χ1n) is 6.31. The Morgan fingerprint density at radius 1 is 1.05 bits per heavy atom. The lowest BCUT2D eigenvalue weighted by Gasteiger charge is -2.10. The van der Waals surface area contributed by atoms with Crippen molar-refractivity contribution in [3.63, 3.8) is 0 Å². The van der Waals surface area contributed by atoms with E-state index in [2.05, 4.69) is 0 Å². The van der Waals surface area contributed by atoms with Gasteiger partial charge in [0.15, 0.2) is 0 Å². The Labute approximate surface area is 117 Å². The van der Waals surface area contributed by atoms with Crippen molar-refractivity contribution in [2.24, 2.45) is 0 Å². The second-order valence-electron chi connectivity index (χ2n) is 4.80. The quantitative estimate of drug-likeness (QED) is 0.834. The molecule has 0 saturated carbocycles. The topological polar surface area (TPSA) is 49.7 Å². The summed E-state index contributed by atoms with van der Waals surface area (Å²) in [5.41, 5.74) is 3.41. The van der Waals surface area contributed by atoms with Crippen LogP contribution in [0.3, 0.4) is 0 Å². The molecule has 0 aliphatic carbocycles. The Bertz CT molecular complexity index is 614. The Hall–Kier alpha value is -1.85. The van der Waals surface area contributed by atoms with Crippen LogP contribution < -0.4 is 10.2 Å². The molecule has 0 unspecified atom stereocenters. The maximum absolute atomic E-state index is 13.3. The largest absolute Gasteiger partial charge is 0.489 e. The molecule has 5 heteroatoms. The average molecular weight is 274 g/mol. The van der Waals surface area contributed by atoms with Crippen LogP contribution in [-0.2, 0) is 6.61 Å². The minimum Gasteiger partial charge on any atom is -0.489 e. The van der Waals surface area contributed by atoms with E-state index in [9.17, 15) is 4.39 Å². The molecule has 0 aliphatic rings. The van der Waals surface area contributed by atoms with E-state index in [1.807, 2.05) is 32.0 Å². The third-order valence-electron chi connectivity index (χ3n) is 3.17. The van der Waals surface area contributed by atoms with Crippen molar-refractivity contribution in [1.29, 1.82) is 0 Å². The highest BCUT2D eigenvalue weighted by atomic mass is 19.1. The molecule has 3 nitrogen and oxygen atoms in total. The fourth-order valence-corrected chi connectivity index (χ4v) is 1.88. The number of benzene rings is 2. The summed E-state index contributed by atoms with van der Waals surface area (Å²) in [5, 5.41) is 18.1. The van der Waals surface area contributed by atoms with Crippen LogP contribution in [0.2, 0.25) is 0 Å². The van der Waals surface area contributed by atoms with Crippen molar-refractivity contribution in [2.75, 3.05) is 0 Å². The summed E-state index contributed by atoms with van der Waals surface area (Å²) < 4.78 is 18.8. The summed E-state index contributed by atoms with van der Waals surface area (Å²) >= 11 is 0. The van der Waals surface area contributed by atoms with Crippen molar-refractivity contribution >= 4 is 12.6 Å². The van der Waals surface area contributed by atoms with Gasteiger partial charge in [0.2, 0.25) is 0 Å². The van der Waals surface area contributed by atoms with Gasteiger partial charge in [-0.2, -0.15) is 0 Å². The monoisotopic (exact) mass is 274 g/mol. The van der Waals surface area contributed by atoms with Crippen LogP contribution in [0.1, 0.15) is 16.7 Å². The predicted molar refractivity (Wildman–Crippen MR) is 76.5 cm³/mol. The molecule has 20 heavy (non-hydrogen) atoms. The lowest BCUT2D eigenvalue weighted by Crippen LogP contribution is -2.30. The predicted octanol–water partition coefficient (Wildman–Crippen LogP) is 1.70. The summed E-state index contributed by atoms with van der Waals surface area (Å²) in [4.78, 5) is 0. The molecule has 104 valence electrons. The van der Waals surface area contributed by atoms with Gasteiger partial charge in [-0.1, -0.05) is 18.2 Å². The molecule has 0 amide bonds. The van der Waals surface area contributed by atoms with Crippen LogP contribution in [0, 0.1) is 19.7 Å². The summed E-state index contributed by atoms with van der Waals surface area (Å²) in [7, 11) is -1.71. The number of hydrogen-bond acceptors (Lipinski definition) is 3. The van der Waals surface area contributed by atoms with Crippen molar-refractivity contribution in [3.8, 4) is 5.75 Å². The van der Waals surface area contributed by atoms with Crippen LogP contribution in [0.25, 0.3) is 0 Å². The molecule has 0 bridgehead atoms. The van der Waals surface area contributed by atoms with Crippen molar-refractivity contribution < 1.29 is 19.2 Å². The van der Waals surface area contributed by atoms with E-state index in [1.165, 1.54) is 17.7 Å². The first-order valence-corrected chi connectivity index (χ1v) is 6.31. The maximum atomic E-state index is 13.3. The summed E-state index contributed by atoms with van der Waals surface area (Å²) in [5.74, 6) is -0.294. The van der Waals surface area contributed by atoms with Gasteiger partial charge < -0.3 is 14.8 Å². The van der Waals surface area contributed by atoms with Gasteiger partial charge in [0, 0.05) is 6.07 Å². The van der Waals surface area contributed by atoms with Gasteiger partial charge in [-0.25, -0.2) is 4.39 Å². The molecule has 2 aromatic rings. The zero-order valence-corrected chi connectivity index (χ0v) is 11.4. The van der Waals surface area contributed by atoms with Crippen LogP contribution in [0.4, 0.5) is 4.39 Å². The summed E-state index contributed by atoms with van der Waals surface area (Å²) in [6.07, 6.45) is 0. The van der Waals surface area contributed by atoms with Crippen LogP contribution in [0.15, 0.2) is 36.4 Å². The first kappa shape index (κ1) is 14.6. The molecule has 0 fully saturated rings. The molecule has 0 aromatic heterocycles. The molecule has 0 atom stereocenters. The lowest BCUT2D eigenvalue weighted by atomic mass is 9.80. The second-order valence-corrected chi connectivity index (χ2v) is 4.80. The molecule has 0 saturated heterocycles. The third-order valence-corrected chi connectivity index (χ3v) is 3.17. The highest BCUT2D eigenvalue weighted by Gasteiger charge is 2.13. The summed E-state index contributed by atoms with van der Waals surface area (Å²) in [6, 6.07) is 9.65. The Morgan fingerprint density at radius 2 is 1.80 bits per heavy atom. The van der Waals surface area contributed by atoms with Gasteiger partial charge in [-0.05, 0) is 48.1 Å². The van der Waals surface area contributed by atoms with E-state index < -0.39 is 12.9 Å². The zero-order valence-electron chi connectivity index (χ0n) is 11.4.